The van der Waals surface area contributed by atoms with Crippen LogP contribution in [0.25, 0.3) is 0 Å². The van der Waals surface area contributed by atoms with Crippen molar-refractivity contribution in [3.05, 3.63) is 50.4 Å². The van der Waals surface area contributed by atoms with E-state index in [2.05, 4.69) is 41.6 Å². The Balaban J connectivity index is 1.87. The van der Waals surface area contributed by atoms with Gasteiger partial charge in [0.05, 0.1) is 34.6 Å². The number of methoxy groups -OCH3 is 1. The molecule has 0 fully saturated rings. The monoisotopic (exact) mass is 483 g/mol. The molecule has 6 nitrogen and oxygen atoms in total. The molecule has 1 aliphatic heterocycles. The topological polar surface area (TPSA) is 77.4 Å². The van der Waals surface area contributed by atoms with E-state index < -0.39 is 0 Å². The summed E-state index contributed by atoms with van der Waals surface area (Å²) in [5.74, 6) is 1.21. The first kappa shape index (κ1) is 18.7. The lowest BCUT2D eigenvalue weighted by atomic mass is 10.1. The van der Waals surface area contributed by atoms with Crippen LogP contribution in [0.3, 0.4) is 0 Å². The van der Waals surface area contributed by atoms with Crippen LogP contribution in [0.15, 0.2) is 44.3 Å². The quantitative estimate of drug-likeness (QED) is 0.643. The highest BCUT2D eigenvalue weighted by Gasteiger charge is 2.17. The van der Waals surface area contributed by atoms with Crippen molar-refractivity contribution in [3.63, 3.8) is 0 Å². The minimum absolute atomic E-state index is 0.0737. The van der Waals surface area contributed by atoms with Gasteiger partial charge in [0, 0.05) is 0 Å². The molecule has 0 unspecified atom stereocenters. The summed E-state index contributed by atoms with van der Waals surface area (Å²) in [5.41, 5.74) is 1.26. The summed E-state index contributed by atoms with van der Waals surface area (Å²) in [4.78, 5) is 15.7. The Hall–Kier alpha value is -2.06. The number of benzene rings is 2. The standard InChI is InChI=1S/C18H15Br2NO5/c1-24-16(23)8-10-6-13(19)17(14(20)7-10)26-11-2-3-15(22)12(9-11)18-21-4-5-25-18/h2-3,6-7,9,22H,4-5,8H2,1H3. The van der Waals surface area contributed by atoms with Crippen molar-refractivity contribution < 1.29 is 24.1 Å². The lowest BCUT2D eigenvalue weighted by Gasteiger charge is -2.13. The number of aliphatic imine (C=N–C) groups is 1. The smallest absolute Gasteiger partial charge is 0.309 e. The fraction of sp³-hybridized carbons (Fsp3) is 0.222. The molecule has 0 atom stereocenters. The van der Waals surface area contributed by atoms with Gasteiger partial charge in [0.25, 0.3) is 0 Å². The van der Waals surface area contributed by atoms with Gasteiger partial charge in [-0.1, -0.05) is 0 Å². The summed E-state index contributed by atoms with van der Waals surface area (Å²) in [5, 5.41) is 10.0. The van der Waals surface area contributed by atoms with Gasteiger partial charge in [0.2, 0.25) is 5.90 Å². The SMILES string of the molecule is COC(=O)Cc1cc(Br)c(Oc2ccc(O)c(C3=NCCO3)c2)c(Br)c1. The van der Waals surface area contributed by atoms with Gasteiger partial charge in [0.1, 0.15) is 18.1 Å². The number of aromatic hydroxyl groups is 1. The zero-order valence-electron chi connectivity index (χ0n) is 13.8. The molecule has 0 saturated carbocycles. The minimum Gasteiger partial charge on any atom is -0.507 e. The van der Waals surface area contributed by atoms with Crippen LogP contribution in [0, 0.1) is 0 Å². The maximum atomic E-state index is 11.4. The molecule has 8 heteroatoms. The highest BCUT2D eigenvalue weighted by Crippen LogP contribution is 2.39. The van der Waals surface area contributed by atoms with E-state index in [-0.39, 0.29) is 18.1 Å². The Morgan fingerprint density at radius 2 is 2.00 bits per heavy atom. The first-order valence-electron chi connectivity index (χ1n) is 7.71. The number of phenols is 1. The van der Waals surface area contributed by atoms with Crippen molar-refractivity contribution in [2.24, 2.45) is 4.99 Å². The highest BCUT2D eigenvalue weighted by atomic mass is 79.9. The van der Waals surface area contributed by atoms with Crippen LogP contribution in [0.2, 0.25) is 0 Å². The number of nitrogens with zero attached hydrogens (tertiary/aromatic N) is 1. The molecule has 0 saturated heterocycles. The van der Waals surface area contributed by atoms with Gasteiger partial charge in [-0.25, -0.2) is 4.99 Å². The maximum absolute atomic E-state index is 11.4. The van der Waals surface area contributed by atoms with E-state index in [9.17, 15) is 9.90 Å². The summed E-state index contributed by atoms with van der Waals surface area (Å²) in [6.07, 6.45) is 0.161. The van der Waals surface area contributed by atoms with Crippen LogP contribution in [-0.2, 0) is 20.7 Å². The normalized spacial score (nSPS) is 13.1. The third kappa shape index (κ3) is 4.19. The molecule has 3 rings (SSSR count). The second-order valence-corrected chi connectivity index (χ2v) is 7.17. The summed E-state index contributed by atoms with van der Waals surface area (Å²) in [6, 6.07) is 8.43. The maximum Gasteiger partial charge on any atom is 0.309 e. The summed E-state index contributed by atoms with van der Waals surface area (Å²) in [7, 11) is 1.35. The Labute approximate surface area is 167 Å². The highest BCUT2D eigenvalue weighted by molar-refractivity contribution is 9.11. The zero-order valence-corrected chi connectivity index (χ0v) is 17.0. The molecule has 0 spiro atoms. The van der Waals surface area contributed by atoms with Gasteiger partial charge in [-0.05, 0) is 67.8 Å². The van der Waals surface area contributed by atoms with Gasteiger partial charge in [-0.3, -0.25) is 4.79 Å². The van der Waals surface area contributed by atoms with Crippen LogP contribution in [-0.4, -0.2) is 37.2 Å². The van der Waals surface area contributed by atoms with Crippen molar-refractivity contribution >= 4 is 43.7 Å². The number of hydrogen-bond acceptors (Lipinski definition) is 6. The van der Waals surface area contributed by atoms with Gasteiger partial charge in [0.15, 0.2) is 5.75 Å². The molecule has 2 aromatic rings. The third-order valence-electron chi connectivity index (χ3n) is 3.64. The van der Waals surface area contributed by atoms with Crippen molar-refractivity contribution in [2.45, 2.75) is 6.42 Å². The van der Waals surface area contributed by atoms with E-state index in [1.165, 1.54) is 13.2 Å². The number of hydrogen-bond donors (Lipinski definition) is 1. The van der Waals surface area contributed by atoms with Crippen molar-refractivity contribution in [2.75, 3.05) is 20.3 Å². The van der Waals surface area contributed by atoms with Crippen molar-refractivity contribution in [3.8, 4) is 17.2 Å². The van der Waals surface area contributed by atoms with E-state index in [0.29, 0.717) is 45.1 Å². The largest absolute Gasteiger partial charge is 0.507 e. The van der Waals surface area contributed by atoms with Gasteiger partial charge < -0.3 is 19.3 Å². The second kappa shape index (κ2) is 8.09. The molecule has 136 valence electrons. The van der Waals surface area contributed by atoms with Crippen LogP contribution in [0.4, 0.5) is 0 Å². The second-order valence-electron chi connectivity index (χ2n) is 5.46. The fourth-order valence-corrected chi connectivity index (χ4v) is 3.86. The molecule has 0 aromatic heterocycles. The van der Waals surface area contributed by atoms with Gasteiger partial charge in [-0.2, -0.15) is 0 Å². The molecular weight excluding hydrogens is 470 g/mol. The zero-order chi connectivity index (χ0) is 18.7. The Kier molecular flexibility index (Phi) is 5.83. The van der Waals surface area contributed by atoms with Crippen LogP contribution >= 0.6 is 31.9 Å². The number of carbonyl (C=O) groups is 1. The first-order valence-corrected chi connectivity index (χ1v) is 9.29. The number of phenolic OH excluding ortho intramolecular Hbond substituents is 1. The van der Waals surface area contributed by atoms with E-state index in [0.717, 1.165) is 5.56 Å². The molecule has 1 heterocycles. The molecule has 2 aromatic carbocycles. The number of rotatable bonds is 5. The van der Waals surface area contributed by atoms with Crippen LogP contribution in [0.1, 0.15) is 11.1 Å². The molecule has 26 heavy (non-hydrogen) atoms. The van der Waals surface area contributed by atoms with E-state index in [4.69, 9.17) is 9.47 Å². The fourth-order valence-electron chi connectivity index (χ4n) is 2.42. The molecular formula is C18H15Br2NO5. The van der Waals surface area contributed by atoms with E-state index in [1.54, 1.807) is 24.3 Å². The molecule has 1 N–H and O–H groups in total. The minimum atomic E-state index is -0.321. The molecule has 0 aliphatic carbocycles. The lowest BCUT2D eigenvalue weighted by Crippen LogP contribution is -2.04. The van der Waals surface area contributed by atoms with E-state index in [1.807, 2.05) is 0 Å². The summed E-state index contributed by atoms with van der Waals surface area (Å²) < 4.78 is 17.4. The van der Waals surface area contributed by atoms with Gasteiger partial charge in [-0.15, -0.1) is 0 Å². The lowest BCUT2D eigenvalue weighted by molar-refractivity contribution is -0.139. The first-order chi connectivity index (χ1) is 12.5. The number of ether oxygens (including phenoxy) is 3. The predicted octanol–water partition coefficient (Wildman–Crippen LogP) is 4.20. The number of halogens is 2. The average molecular weight is 485 g/mol. The number of esters is 1. The van der Waals surface area contributed by atoms with Crippen molar-refractivity contribution in [1.29, 1.82) is 0 Å². The molecule has 0 amide bonds. The molecule has 1 aliphatic rings. The molecule has 0 radical (unpaired) electrons. The molecule has 0 bridgehead atoms. The van der Waals surface area contributed by atoms with Gasteiger partial charge >= 0.3 is 5.97 Å². The third-order valence-corrected chi connectivity index (χ3v) is 4.82. The predicted molar refractivity (Wildman–Crippen MR) is 103 cm³/mol. The Morgan fingerprint density at radius 1 is 1.27 bits per heavy atom. The van der Waals surface area contributed by atoms with Crippen LogP contribution in [0.5, 0.6) is 17.2 Å². The Morgan fingerprint density at radius 3 is 2.62 bits per heavy atom. The Bertz CT molecular complexity index is 859. The van der Waals surface area contributed by atoms with E-state index >= 15 is 0 Å². The summed E-state index contributed by atoms with van der Waals surface area (Å²) >= 11 is 6.92. The number of carbonyl (C=O) groups excluding carboxylic acids is 1. The van der Waals surface area contributed by atoms with Crippen LogP contribution < -0.4 is 4.74 Å². The summed E-state index contributed by atoms with van der Waals surface area (Å²) in [6.45, 7) is 1.07. The average Bonchev–Trinajstić information content (AvgIpc) is 3.13. The van der Waals surface area contributed by atoms with Crippen molar-refractivity contribution in [1.82, 2.24) is 0 Å².